The fourth-order valence-corrected chi connectivity index (χ4v) is 2.36. The largest absolute Gasteiger partial charge is 0.409 e. The van der Waals surface area contributed by atoms with Crippen molar-refractivity contribution >= 4 is 17.6 Å². The molecule has 0 radical (unpaired) electrons. The van der Waals surface area contributed by atoms with Gasteiger partial charge in [0, 0.05) is 10.3 Å². The van der Waals surface area contributed by atoms with Gasteiger partial charge in [0.1, 0.15) is 5.84 Å². The number of thioether (sulfide) groups is 1. The van der Waals surface area contributed by atoms with Crippen LogP contribution in [0.1, 0.15) is 26.7 Å². The zero-order valence-electron chi connectivity index (χ0n) is 10.4. The van der Waals surface area contributed by atoms with Crippen LogP contribution < -0.4 is 5.73 Å². The maximum absolute atomic E-state index is 8.66. The maximum atomic E-state index is 8.66. The Morgan fingerprint density at radius 1 is 1.35 bits per heavy atom. The number of benzene rings is 1. The van der Waals surface area contributed by atoms with Gasteiger partial charge in [0.15, 0.2) is 0 Å². The third kappa shape index (κ3) is 4.69. The normalized spacial score (nSPS) is 12.7. The molecule has 17 heavy (non-hydrogen) atoms. The number of nitrogens with zero attached hydrogens (tertiary/aromatic N) is 1. The van der Waals surface area contributed by atoms with Crippen LogP contribution in [-0.2, 0) is 0 Å². The van der Waals surface area contributed by atoms with E-state index in [9.17, 15) is 0 Å². The SMILES string of the molecule is CC(C)(CCCSc1ccccc1)C(N)=NO. The third-order valence-corrected chi connectivity index (χ3v) is 3.86. The van der Waals surface area contributed by atoms with E-state index in [0.717, 1.165) is 18.6 Å². The average Bonchev–Trinajstić information content (AvgIpc) is 2.35. The van der Waals surface area contributed by atoms with Crippen LogP contribution >= 0.6 is 11.8 Å². The Balaban J connectivity index is 2.29. The van der Waals surface area contributed by atoms with Crippen molar-refractivity contribution in [2.24, 2.45) is 16.3 Å². The smallest absolute Gasteiger partial charge is 0.144 e. The van der Waals surface area contributed by atoms with Crippen molar-refractivity contribution in [2.75, 3.05) is 5.75 Å². The van der Waals surface area contributed by atoms with Crippen molar-refractivity contribution in [1.29, 1.82) is 0 Å². The summed E-state index contributed by atoms with van der Waals surface area (Å²) in [5.41, 5.74) is 5.41. The van der Waals surface area contributed by atoms with Gasteiger partial charge in [-0.2, -0.15) is 0 Å². The third-order valence-electron chi connectivity index (χ3n) is 2.76. The summed E-state index contributed by atoms with van der Waals surface area (Å²) in [6.45, 7) is 3.99. The summed E-state index contributed by atoms with van der Waals surface area (Å²) in [5.74, 6) is 1.36. The molecule has 0 saturated heterocycles. The molecule has 1 aromatic rings. The molecule has 0 spiro atoms. The lowest BCUT2D eigenvalue weighted by Crippen LogP contribution is -2.31. The van der Waals surface area contributed by atoms with Gasteiger partial charge >= 0.3 is 0 Å². The van der Waals surface area contributed by atoms with Gasteiger partial charge in [0.25, 0.3) is 0 Å². The lowest BCUT2D eigenvalue weighted by Gasteiger charge is -2.22. The van der Waals surface area contributed by atoms with E-state index in [4.69, 9.17) is 10.9 Å². The molecule has 0 heterocycles. The van der Waals surface area contributed by atoms with E-state index in [2.05, 4.69) is 17.3 Å². The molecule has 0 amide bonds. The lowest BCUT2D eigenvalue weighted by atomic mass is 9.87. The van der Waals surface area contributed by atoms with Crippen molar-refractivity contribution < 1.29 is 5.21 Å². The van der Waals surface area contributed by atoms with E-state index in [1.165, 1.54) is 4.90 Å². The van der Waals surface area contributed by atoms with Crippen LogP contribution in [0.5, 0.6) is 0 Å². The maximum Gasteiger partial charge on any atom is 0.144 e. The second-order valence-corrected chi connectivity index (χ2v) is 5.80. The number of amidine groups is 1. The van der Waals surface area contributed by atoms with Crippen molar-refractivity contribution in [1.82, 2.24) is 0 Å². The molecule has 0 atom stereocenters. The summed E-state index contributed by atoms with van der Waals surface area (Å²) in [6.07, 6.45) is 1.96. The lowest BCUT2D eigenvalue weighted by molar-refractivity contribution is 0.305. The van der Waals surface area contributed by atoms with Crippen LogP contribution in [0, 0.1) is 5.41 Å². The molecule has 0 saturated carbocycles. The predicted molar refractivity (Wildman–Crippen MR) is 73.6 cm³/mol. The second kappa shape index (κ2) is 6.55. The van der Waals surface area contributed by atoms with Crippen LogP contribution in [0.25, 0.3) is 0 Å². The predicted octanol–water partition coefficient (Wildman–Crippen LogP) is 3.33. The first-order valence-corrected chi connectivity index (χ1v) is 6.70. The van der Waals surface area contributed by atoms with E-state index in [1.54, 1.807) is 0 Å². The number of nitrogens with two attached hydrogens (primary N) is 1. The highest BCUT2D eigenvalue weighted by atomic mass is 32.2. The summed E-state index contributed by atoms with van der Waals surface area (Å²) in [6, 6.07) is 10.3. The van der Waals surface area contributed by atoms with E-state index in [-0.39, 0.29) is 5.41 Å². The van der Waals surface area contributed by atoms with Crippen LogP contribution in [0.4, 0.5) is 0 Å². The van der Waals surface area contributed by atoms with E-state index in [0.29, 0.717) is 5.84 Å². The highest BCUT2D eigenvalue weighted by Crippen LogP contribution is 2.25. The number of oxime groups is 1. The molecule has 0 aliphatic heterocycles. The van der Waals surface area contributed by atoms with Crippen LogP contribution in [0.3, 0.4) is 0 Å². The quantitative estimate of drug-likeness (QED) is 0.204. The van der Waals surface area contributed by atoms with E-state index >= 15 is 0 Å². The highest BCUT2D eigenvalue weighted by molar-refractivity contribution is 7.99. The van der Waals surface area contributed by atoms with Crippen molar-refractivity contribution in [3.63, 3.8) is 0 Å². The first-order valence-electron chi connectivity index (χ1n) is 5.72. The standard InChI is InChI=1S/C13H20N2OS/c1-13(2,12(14)15-16)9-6-10-17-11-7-4-3-5-8-11/h3-5,7-8,16H,6,9-10H2,1-2H3,(H2,14,15). The summed E-state index contributed by atoms with van der Waals surface area (Å²) >= 11 is 1.84. The summed E-state index contributed by atoms with van der Waals surface area (Å²) < 4.78 is 0. The summed E-state index contributed by atoms with van der Waals surface area (Å²) in [4.78, 5) is 1.29. The Bertz CT molecular complexity index is 363. The van der Waals surface area contributed by atoms with Gasteiger partial charge in [-0.1, -0.05) is 37.2 Å². The van der Waals surface area contributed by atoms with Gasteiger partial charge in [-0.25, -0.2) is 0 Å². The molecule has 3 nitrogen and oxygen atoms in total. The minimum absolute atomic E-state index is 0.230. The topological polar surface area (TPSA) is 58.6 Å². The first-order chi connectivity index (χ1) is 8.06. The minimum atomic E-state index is -0.230. The van der Waals surface area contributed by atoms with Gasteiger partial charge in [-0.3, -0.25) is 0 Å². The molecule has 3 N–H and O–H groups in total. The van der Waals surface area contributed by atoms with Crippen molar-refractivity contribution in [2.45, 2.75) is 31.6 Å². The average molecular weight is 252 g/mol. The summed E-state index contributed by atoms with van der Waals surface area (Å²) in [5, 5.41) is 11.7. The van der Waals surface area contributed by atoms with Crippen molar-refractivity contribution in [3.8, 4) is 0 Å². The van der Waals surface area contributed by atoms with Gasteiger partial charge in [0.2, 0.25) is 0 Å². The van der Waals surface area contributed by atoms with Gasteiger partial charge in [-0.05, 0) is 30.7 Å². The first kappa shape index (κ1) is 13.9. The van der Waals surface area contributed by atoms with Crippen LogP contribution in [0.2, 0.25) is 0 Å². The molecule has 1 aromatic carbocycles. The molecule has 0 unspecified atom stereocenters. The van der Waals surface area contributed by atoms with Crippen LogP contribution in [-0.4, -0.2) is 16.8 Å². The zero-order chi connectivity index (χ0) is 12.7. The Morgan fingerprint density at radius 3 is 2.59 bits per heavy atom. The molecule has 1 rings (SSSR count). The number of hydrogen-bond acceptors (Lipinski definition) is 3. The number of rotatable bonds is 6. The van der Waals surface area contributed by atoms with Gasteiger partial charge in [0.05, 0.1) is 0 Å². The highest BCUT2D eigenvalue weighted by Gasteiger charge is 2.22. The fourth-order valence-electron chi connectivity index (χ4n) is 1.48. The molecule has 94 valence electrons. The molecule has 0 bridgehead atoms. The van der Waals surface area contributed by atoms with E-state index in [1.807, 2.05) is 43.8 Å². The monoisotopic (exact) mass is 252 g/mol. The van der Waals surface area contributed by atoms with Crippen LogP contribution in [0.15, 0.2) is 40.4 Å². The zero-order valence-corrected chi connectivity index (χ0v) is 11.2. The minimum Gasteiger partial charge on any atom is -0.409 e. The fraction of sp³-hybridized carbons (Fsp3) is 0.462. The van der Waals surface area contributed by atoms with Crippen molar-refractivity contribution in [3.05, 3.63) is 30.3 Å². The Hall–Kier alpha value is -1.16. The molecule has 0 aliphatic carbocycles. The molecular weight excluding hydrogens is 232 g/mol. The summed E-state index contributed by atoms with van der Waals surface area (Å²) in [7, 11) is 0. The Labute approximate surface area is 107 Å². The Morgan fingerprint density at radius 2 is 2.00 bits per heavy atom. The molecule has 4 heteroatoms. The molecule has 0 aromatic heterocycles. The van der Waals surface area contributed by atoms with E-state index < -0.39 is 0 Å². The second-order valence-electron chi connectivity index (χ2n) is 4.63. The van der Waals surface area contributed by atoms with Gasteiger partial charge in [-0.15, -0.1) is 11.8 Å². The van der Waals surface area contributed by atoms with Gasteiger partial charge < -0.3 is 10.9 Å². The molecule has 0 aliphatic rings. The molecular formula is C13H20N2OS. The Kier molecular flexibility index (Phi) is 5.35. The number of hydrogen-bond donors (Lipinski definition) is 2. The molecule has 0 fully saturated rings.